The number of alkyl halides is 1. The zero-order valence-corrected chi connectivity index (χ0v) is 12.9. The molecule has 0 amide bonds. The Morgan fingerprint density at radius 1 is 1.12 bits per heavy atom. The Hall–Kier alpha value is 0.440. The molecule has 0 aromatic carbocycles. The quantitative estimate of drug-likeness (QED) is 0.534. The molecule has 0 bridgehead atoms. The highest BCUT2D eigenvalue weighted by molar-refractivity contribution is 9.09. The number of hydrogen-bond donors (Lipinski definition) is 0. The maximum atomic E-state index is 3.78. The van der Waals surface area contributed by atoms with E-state index in [4.69, 9.17) is 0 Å². The van der Waals surface area contributed by atoms with Crippen molar-refractivity contribution in [2.45, 2.75) is 65.3 Å². The second kappa shape index (κ2) is 7.00. The second-order valence-corrected chi connectivity index (χ2v) is 6.27. The van der Waals surface area contributed by atoms with Gasteiger partial charge in [-0.2, -0.15) is 0 Å². The Balaban J connectivity index is 2.62. The Labute approximate surface area is 110 Å². The molecule has 16 heavy (non-hydrogen) atoms. The van der Waals surface area contributed by atoms with E-state index in [1.54, 1.807) is 0 Å². The highest BCUT2D eigenvalue weighted by Crippen LogP contribution is 2.37. The van der Waals surface area contributed by atoms with E-state index in [9.17, 15) is 0 Å². The standard InChI is InChI=1S/C14H28BrN/c1-4-16(13(2)3)12-14(11-15)9-7-5-6-8-10-14/h13H,4-12H2,1-3H3. The van der Waals surface area contributed by atoms with Crippen LogP contribution >= 0.6 is 15.9 Å². The molecule has 0 aliphatic heterocycles. The number of nitrogens with zero attached hydrogens (tertiary/aromatic N) is 1. The van der Waals surface area contributed by atoms with Gasteiger partial charge in [0.1, 0.15) is 0 Å². The van der Waals surface area contributed by atoms with Gasteiger partial charge in [-0.3, -0.25) is 0 Å². The average Bonchev–Trinajstić information content (AvgIpc) is 2.51. The van der Waals surface area contributed by atoms with Crippen molar-refractivity contribution in [2.24, 2.45) is 5.41 Å². The van der Waals surface area contributed by atoms with Crippen molar-refractivity contribution >= 4 is 15.9 Å². The van der Waals surface area contributed by atoms with Crippen LogP contribution in [-0.4, -0.2) is 29.4 Å². The van der Waals surface area contributed by atoms with Crippen LogP contribution in [0.5, 0.6) is 0 Å². The van der Waals surface area contributed by atoms with Gasteiger partial charge < -0.3 is 4.90 Å². The lowest BCUT2D eigenvalue weighted by atomic mass is 9.81. The van der Waals surface area contributed by atoms with Crippen LogP contribution in [0.1, 0.15) is 59.3 Å². The van der Waals surface area contributed by atoms with Crippen LogP contribution in [0.3, 0.4) is 0 Å². The first-order valence-electron chi connectivity index (χ1n) is 6.93. The minimum absolute atomic E-state index is 0.552. The summed E-state index contributed by atoms with van der Waals surface area (Å²) in [6, 6.07) is 0.684. The minimum Gasteiger partial charge on any atom is -0.301 e. The van der Waals surface area contributed by atoms with E-state index in [-0.39, 0.29) is 0 Å². The molecule has 0 N–H and O–H groups in total. The van der Waals surface area contributed by atoms with Crippen molar-refractivity contribution < 1.29 is 0 Å². The van der Waals surface area contributed by atoms with Gasteiger partial charge in [-0.25, -0.2) is 0 Å². The summed E-state index contributed by atoms with van der Waals surface area (Å²) in [5.74, 6) is 0. The number of rotatable bonds is 5. The van der Waals surface area contributed by atoms with Gasteiger partial charge in [-0.1, -0.05) is 48.5 Å². The molecule has 1 aliphatic carbocycles. The van der Waals surface area contributed by atoms with Gasteiger partial charge in [0.05, 0.1) is 0 Å². The van der Waals surface area contributed by atoms with E-state index in [0.29, 0.717) is 11.5 Å². The Morgan fingerprint density at radius 3 is 2.06 bits per heavy atom. The van der Waals surface area contributed by atoms with Crippen molar-refractivity contribution in [1.29, 1.82) is 0 Å². The van der Waals surface area contributed by atoms with Crippen LogP contribution in [0.25, 0.3) is 0 Å². The summed E-state index contributed by atoms with van der Waals surface area (Å²) >= 11 is 3.78. The zero-order chi connectivity index (χ0) is 12.0. The summed E-state index contributed by atoms with van der Waals surface area (Å²) in [4.78, 5) is 2.63. The SMILES string of the molecule is CCN(CC1(CBr)CCCCCC1)C(C)C. The van der Waals surface area contributed by atoms with Crippen LogP contribution in [0, 0.1) is 5.41 Å². The van der Waals surface area contributed by atoms with Crippen LogP contribution in [0.4, 0.5) is 0 Å². The van der Waals surface area contributed by atoms with Gasteiger partial charge in [0.25, 0.3) is 0 Å². The van der Waals surface area contributed by atoms with Crippen LogP contribution in [0.15, 0.2) is 0 Å². The lowest BCUT2D eigenvalue weighted by Gasteiger charge is -2.38. The van der Waals surface area contributed by atoms with Crippen molar-refractivity contribution in [3.8, 4) is 0 Å². The maximum absolute atomic E-state index is 3.78. The molecule has 2 heteroatoms. The number of hydrogen-bond acceptors (Lipinski definition) is 1. The predicted molar refractivity (Wildman–Crippen MR) is 76.3 cm³/mol. The molecule has 0 atom stereocenters. The summed E-state index contributed by atoms with van der Waals surface area (Å²) in [5, 5.41) is 1.18. The molecule has 0 heterocycles. The molecular weight excluding hydrogens is 262 g/mol. The highest BCUT2D eigenvalue weighted by atomic mass is 79.9. The lowest BCUT2D eigenvalue weighted by molar-refractivity contribution is 0.129. The van der Waals surface area contributed by atoms with E-state index in [0.717, 1.165) is 0 Å². The van der Waals surface area contributed by atoms with Gasteiger partial charge in [-0.05, 0) is 38.6 Å². The van der Waals surface area contributed by atoms with Gasteiger partial charge in [0.15, 0.2) is 0 Å². The van der Waals surface area contributed by atoms with Crippen molar-refractivity contribution in [3.63, 3.8) is 0 Å². The fraction of sp³-hybridized carbons (Fsp3) is 1.00. The molecule has 1 nitrogen and oxygen atoms in total. The zero-order valence-electron chi connectivity index (χ0n) is 11.3. The largest absolute Gasteiger partial charge is 0.301 e. The van der Waals surface area contributed by atoms with Gasteiger partial charge in [0.2, 0.25) is 0 Å². The third-order valence-electron chi connectivity index (χ3n) is 4.12. The molecule has 0 radical (unpaired) electrons. The minimum atomic E-state index is 0.552. The molecule has 1 aliphatic rings. The maximum Gasteiger partial charge on any atom is 0.0100 e. The smallest absolute Gasteiger partial charge is 0.0100 e. The average molecular weight is 290 g/mol. The van der Waals surface area contributed by atoms with Gasteiger partial charge in [-0.15, -0.1) is 0 Å². The van der Waals surface area contributed by atoms with Gasteiger partial charge >= 0.3 is 0 Å². The van der Waals surface area contributed by atoms with E-state index in [1.807, 2.05) is 0 Å². The molecule has 0 spiro atoms. The van der Waals surface area contributed by atoms with Crippen LogP contribution in [0.2, 0.25) is 0 Å². The van der Waals surface area contributed by atoms with E-state index < -0.39 is 0 Å². The third kappa shape index (κ3) is 4.03. The van der Waals surface area contributed by atoms with E-state index >= 15 is 0 Å². The van der Waals surface area contributed by atoms with Crippen molar-refractivity contribution in [2.75, 3.05) is 18.4 Å². The normalized spacial score (nSPS) is 21.4. The Kier molecular flexibility index (Phi) is 6.35. The predicted octanol–water partition coefficient (Wildman–Crippen LogP) is 4.45. The molecule has 0 saturated heterocycles. The highest BCUT2D eigenvalue weighted by Gasteiger charge is 2.32. The summed E-state index contributed by atoms with van der Waals surface area (Å²) in [7, 11) is 0. The van der Waals surface area contributed by atoms with Crippen LogP contribution < -0.4 is 0 Å². The molecule has 0 aromatic heterocycles. The second-order valence-electron chi connectivity index (χ2n) is 5.70. The summed E-state index contributed by atoms with van der Waals surface area (Å²) < 4.78 is 0. The molecule has 1 fully saturated rings. The molecule has 1 rings (SSSR count). The monoisotopic (exact) mass is 289 g/mol. The van der Waals surface area contributed by atoms with Gasteiger partial charge in [0, 0.05) is 17.9 Å². The topological polar surface area (TPSA) is 3.24 Å². The first-order valence-corrected chi connectivity index (χ1v) is 8.06. The third-order valence-corrected chi connectivity index (χ3v) is 5.31. The molecule has 1 saturated carbocycles. The fourth-order valence-electron chi connectivity index (χ4n) is 2.90. The molecular formula is C14H28BrN. The first kappa shape index (κ1) is 14.5. The Morgan fingerprint density at radius 2 is 1.69 bits per heavy atom. The molecule has 0 unspecified atom stereocenters. The summed E-state index contributed by atoms with van der Waals surface area (Å²) in [6.07, 6.45) is 8.59. The van der Waals surface area contributed by atoms with E-state index in [2.05, 4.69) is 41.6 Å². The van der Waals surface area contributed by atoms with Crippen molar-refractivity contribution in [1.82, 2.24) is 4.90 Å². The Bertz CT molecular complexity index is 183. The molecule has 0 aromatic rings. The van der Waals surface area contributed by atoms with Crippen molar-refractivity contribution in [3.05, 3.63) is 0 Å². The number of halogens is 1. The van der Waals surface area contributed by atoms with E-state index in [1.165, 1.54) is 56.9 Å². The summed E-state index contributed by atoms with van der Waals surface area (Å²) in [5.41, 5.74) is 0.552. The lowest BCUT2D eigenvalue weighted by Crippen LogP contribution is -2.42. The fourth-order valence-corrected chi connectivity index (χ4v) is 3.64. The first-order chi connectivity index (χ1) is 7.63. The summed E-state index contributed by atoms with van der Waals surface area (Å²) in [6.45, 7) is 9.40. The molecule has 96 valence electrons. The van der Waals surface area contributed by atoms with Crippen LogP contribution in [-0.2, 0) is 0 Å².